The Labute approximate surface area is 157 Å². The summed E-state index contributed by atoms with van der Waals surface area (Å²) in [5, 5.41) is 2.88. The lowest BCUT2D eigenvalue weighted by atomic mass is 10.1. The standard InChI is InChI=1S/C19H30N2O4S/c1-16(2)25-15-5-12-20-19(22)11-8-17-6-9-18(10-7-17)26(23,24)21-13-3-4-14-21/h6-7,9-10,16H,3-5,8,11-15H2,1-2H3,(H,20,22). The van der Waals surface area contributed by atoms with Crippen LogP contribution in [0.3, 0.4) is 0 Å². The van der Waals surface area contributed by atoms with Gasteiger partial charge in [0.05, 0.1) is 11.0 Å². The summed E-state index contributed by atoms with van der Waals surface area (Å²) in [6, 6.07) is 6.88. The largest absolute Gasteiger partial charge is 0.379 e. The fourth-order valence-electron chi connectivity index (χ4n) is 2.87. The fourth-order valence-corrected chi connectivity index (χ4v) is 4.39. The van der Waals surface area contributed by atoms with Gasteiger partial charge >= 0.3 is 0 Å². The number of carbonyl (C=O) groups is 1. The number of ether oxygens (including phenoxy) is 1. The quantitative estimate of drug-likeness (QED) is 0.630. The summed E-state index contributed by atoms with van der Waals surface area (Å²) < 4.78 is 31.9. The summed E-state index contributed by atoms with van der Waals surface area (Å²) in [5.74, 6) is 0.00307. The van der Waals surface area contributed by atoms with E-state index >= 15 is 0 Å². The monoisotopic (exact) mass is 382 g/mol. The van der Waals surface area contributed by atoms with Crippen molar-refractivity contribution in [1.29, 1.82) is 0 Å². The van der Waals surface area contributed by atoms with Gasteiger partial charge in [-0.15, -0.1) is 0 Å². The first-order valence-electron chi connectivity index (χ1n) is 9.37. The molecular weight excluding hydrogens is 352 g/mol. The van der Waals surface area contributed by atoms with Crippen LogP contribution in [0.25, 0.3) is 0 Å². The van der Waals surface area contributed by atoms with Gasteiger partial charge in [-0.25, -0.2) is 8.42 Å². The lowest BCUT2D eigenvalue weighted by molar-refractivity contribution is -0.121. The van der Waals surface area contributed by atoms with Gasteiger partial charge in [0.25, 0.3) is 0 Å². The molecule has 0 atom stereocenters. The van der Waals surface area contributed by atoms with E-state index in [9.17, 15) is 13.2 Å². The molecule has 1 N–H and O–H groups in total. The first kappa shape index (κ1) is 20.9. The molecule has 7 heteroatoms. The van der Waals surface area contributed by atoms with Crippen LogP contribution in [0.5, 0.6) is 0 Å². The summed E-state index contributed by atoms with van der Waals surface area (Å²) in [6.45, 7) is 6.43. The van der Waals surface area contributed by atoms with Gasteiger partial charge in [0.15, 0.2) is 0 Å². The van der Waals surface area contributed by atoms with Crippen molar-refractivity contribution in [2.75, 3.05) is 26.2 Å². The van der Waals surface area contributed by atoms with Gasteiger partial charge < -0.3 is 10.1 Å². The molecule has 26 heavy (non-hydrogen) atoms. The van der Waals surface area contributed by atoms with E-state index in [2.05, 4.69) is 5.32 Å². The second-order valence-corrected chi connectivity index (χ2v) is 8.82. The normalized spacial score (nSPS) is 15.5. The number of benzene rings is 1. The predicted octanol–water partition coefficient (Wildman–Crippen LogP) is 2.33. The molecule has 0 unspecified atom stereocenters. The minimum Gasteiger partial charge on any atom is -0.379 e. The molecule has 2 rings (SSSR count). The Morgan fingerprint density at radius 1 is 1.19 bits per heavy atom. The topological polar surface area (TPSA) is 75.7 Å². The Morgan fingerprint density at radius 3 is 2.46 bits per heavy atom. The van der Waals surface area contributed by atoms with E-state index in [1.165, 1.54) is 0 Å². The van der Waals surface area contributed by atoms with E-state index in [0.29, 0.717) is 44.0 Å². The molecule has 1 fully saturated rings. The summed E-state index contributed by atoms with van der Waals surface area (Å²) in [7, 11) is -3.37. The number of nitrogens with zero attached hydrogens (tertiary/aromatic N) is 1. The van der Waals surface area contributed by atoms with Crippen LogP contribution in [0.4, 0.5) is 0 Å². The van der Waals surface area contributed by atoms with E-state index < -0.39 is 10.0 Å². The van der Waals surface area contributed by atoms with Crippen molar-refractivity contribution in [3.8, 4) is 0 Å². The Morgan fingerprint density at radius 2 is 1.85 bits per heavy atom. The fraction of sp³-hybridized carbons (Fsp3) is 0.632. The average Bonchev–Trinajstić information content (AvgIpc) is 3.15. The number of aryl methyl sites for hydroxylation is 1. The van der Waals surface area contributed by atoms with Crippen molar-refractivity contribution in [2.24, 2.45) is 0 Å². The number of rotatable bonds is 10. The number of sulfonamides is 1. The van der Waals surface area contributed by atoms with Crippen LogP contribution < -0.4 is 5.32 Å². The first-order valence-corrected chi connectivity index (χ1v) is 10.8. The van der Waals surface area contributed by atoms with Crippen LogP contribution >= 0.6 is 0 Å². The SMILES string of the molecule is CC(C)OCCCNC(=O)CCc1ccc(S(=O)(=O)N2CCCC2)cc1. The highest BCUT2D eigenvalue weighted by atomic mass is 32.2. The molecule has 1 aliphatic heterocycles. The first-order chi connectivity index (χ1) is 12.4. The molecule has 1 aromatic carbocycles. The van der Waals surface area contributed by atoms with Gasteiger partial charge in [-0.3, -0.25) is 4.79 Å². The smallest absolute Gasteiger partial charge is 0.243 e. The molecule has 0 aromatic heterocycles. The number of hydrogen-bond donors (Lipinski definition) is 1. The Balaban J connectivity index is 1.74. The van der Waals surface area contributed by atoms with Gasteiger partial charge in [0.1, 0.15) is 0 Å². The van der Waals surface area contributed by atoms with Crippen molar-refractivity contribution in [2.45, 2.75) is 57.0 Å². The molecule has 1 aromatic rings. The van der Waals surface area contributed by atoms with E-state index in [-0.39, 0.29) is 12.0 Å². The Bertz CT molecular complexity index is 665. The van der Waals surface area contributed by atoms with Crippen LogP contribution in [0, 0.1) is 0 Å². The maximum atomic E-state index is 12.5. The molecule has 0 radical (unpaired) electrons. The molecule has 0 bridgehead atoms. The second kappa shape index (κ2) is 10.0. The summed E-state index contributed by atoms with van der Waals surface area (Å²) in [6.07, 6.45) is 3.85. The van der Waals surface area contributed by atoms with E-state index in [1.54, 1.807) is 28.6 Å². The number of nitrogens with one attached hydrogen (secondary N) is 1. The highest BCUT2D eigenvalue weighted by molar-refractivity contribution is 7.89. The zero-order chi connectivity index (χ0) is 19.0. The lowest BCUT2D eigenvalue weighted by Crippen LogP contribution is -2.27. The summed E-state index contributed by atoms with van der Waals surface area (Å²) in [4.78, 5) is 12.2. The van der Waals surface area contributed by atoms with Crippen LogP contribution in [-0.2, 0) is 26.0 Å². The molecular formula is C19H30N2O4S. The molecule has 1 heterocycles. The van der Waals surface area contributed by atoms with Gasteiger partial charge in [-0.2, -0.15) is 4.31 Å². The van der Waals surface area contributed by atoms with Crippen molar-refractivity contribution in [1.82, 2.24) is 9.62 Å². The van der Waals surface area contributed by atoms with E-state index in [4.69, 9.17) is 4.74 Å². The molecule has 0 aliphatic carbocycles. The molecule has 0 spiro atoms. The van der Waals surface area contributed by atoms with Crippen LogP contribution in [-0.4, -0.2) is 51.0 Å². The zero-order valence-corrected chi connectivity index (χ0v) is 16.6. The summed E-state index contributed by atoms with van der Waals surface area (Å²) in [5.41, 5.74) is 0.962. The third-order valence-corrected chi connectivity index (χ3v) is 6.27. The van der Waals surface area contributed by atoms with Gasteiger partial charge in [-0.05, 0) is 57.2 Å². The molecule has 6 nitrogen and oxygen atoms in total. The Hall–Kier alpha value is -1.44. The van der Waals surface area contributed by atoms with Crippen LogP contribution in [0.2, 0.25) is 0 Å². The van der Waals surface area contributed by atoms with Gasteiger partial charge in [-0.1, -0.05) is 12.1 Å². The maximum absolute atomic E-state index is 12.5. The van der Waals surface area contributed by atoms with Crippen molar-refractivity contribution < 1.29 is 17.9 Å². The molecule has 1 aliphatic rings. The van der Waals surface area contributed by atoms with Crippen LogP contribution in [0.15, 0.2) is 29.2 Å². The van der Waals surface area contributed by atoms with Crippen molar-refractivity contribution in [3.05, 3.63) is 29.8 Å². The minimum atomic E-state index is -3.37. The van der Waals surface area contributed by atoms with E-state index in [1.807, 2.05) is 13.8 Å². The van der Waals surface area contributed by atoms with E-state index in [0.717, 1.165) is 24.8 Å². The molecule has 1 saturated heterocycles. The van der Waals surface area contributed by atoms with Crippen molar-refractivity contribution >= 4 is 15.9 Å². The highest BCUT2D eigenvalue weighted by Gasteiger charge is 2.26. The molecule has 1 amide bonds. The molecule has 146 valence electrons. The maximum Gasteiger partial charge on any atom is 0.243 e. The number of amides is 1. The highest BCUT2D eigenvalue weighted by Crippen LogP contribution is 2.21. The minimum absolute atomic E-state index is 0.00307. The molecule has 0 saturated carbocycles. The van der Waals surface area contributed by atoms with Crippen molar-refractivity contribution in [3.63, 3.8) is 0 Å². The van der Waals surface area contributed by atoms with Gasteiger partial charge in [0.2, 0.25) is 15.9 Å². The van der Waals surface area contributed by atoms with Crippen LogP contribution in [0.1, 0.15) is 45.1 Å². The average molecular weight is 383 g/mol. The third-order valence-electron chi connectivity index (χ3n) is 4.36. The predicted molar refractivity (Wildman–Crippen MR) is 101 cm³/mol. The number of carbonyl (C=O) groups excluding carboxylic acids is 1. The lowest BCUT2D eigenvalue weighted by Gasteiger charge is -2.15. The number of hydrogen-bond acceptors (Lipinski definition) is 4. The third kappa shape index (κ3) is 6.37. The second-order valence-electron chi connectivity index (χ2n) is 6.88. The Kier molecular flexibility index (Phi) is 8.06. The van der Waals surface area contributed by atoms with Gasteiger partial charge in [0, 0.05) is 32.7 Å². The zero-order valence-electron chi connectivity index (χ0n) is 15.7. The summed E-state index contributed by atoms with van der Waals surface area (Å²) >= 11 is 0.